The van der Waals surface area contributed by atoms with Crippen molar-refractivity contribution >= 4 is 17.1 Å². The number of thiazole rings is 1. The van der Waals surface area contributed by atoms with Gasteiger partial charge in [-0.3, -0.25) is 14.7 Å². The second kappa shape index (κ2) is 8.56. The molecule has 150 valence electrons. The number of Topliss-reactive ketones (excluding diaryl/α,β-unsaturated/α-hetero) is 1. The highest BCUT2D eigenvalue weighted by molar-refractivity contribution is 7.09. The molecule has 0 saturated carbocycles. The zero-order valence-electron chi connectivity index (χ0n) is 17.3. The molecule has 1 atom stereocenters. The lowest BCUT2D eigenvalue weighted by atomic mass is 9.97. The molecule has 1 aliphatic rings. The Labute approximate surface area is 176 Å². The first-order valence-electron chi connectivity index (χ1n) is 10.2. The van der Waals surface area contributed by atoms with Crippen molar-refractivity contribution in [1.29, 1.82) is 0 Å². The third-order valence-electron chi connectivity index (χ3n) is 5.61. The Morgan fingerprint density at radius 1 is 1.28 bits per heavy atom. The van der Waals surface area contributed by atoms with Crippen LogP contribution in [0.15, 0.2) is 48.0 Å². The van der Waals surface area contributed by atoms with E-state index in [1.165, 1.54) is 16.3 Å². The van der Waals surface area contributed by atoms with Crippen molar-refractivity contribution in [2.75, 3.05) is 13.1 Å². The second-order valence-electron chi connectivity index (χ2n) is 8.15. The van der Waals surface area contributed by atoms with Gasteiger partial charge in [-0.2, -0.15) is 0 Å². The van der Waals surface area contributed by atoms with Gasteiger partial charge in [-0.25, -0.2) is 4.98 Å². The van der Waals surface area contributed by atoms with E-state index in [0.717, 1.165) is 42.9 Å². The maximum atomic E-state index is 11.7. The summed E-state index contributed by atoms with van der Waals surface area (Å²) in [6.07, 6.45) is 3.04. The second-order valence-corrected chi connectivity index (χ2v) is 9.10. The van der Waals surface area contributed by atoms with Gasteiger partial charge in [-0.05, 0) is 55.5 Å². The number of carbonyl (C=O) groups excluding carboxylic acids is 1. The standard InChI is InChI=1S/C24H27N3OS/c1-16(2)23-15-29-24(26-23)14-27-10-8-21(13-27)19-7-9-25-22(12-19)20-6-4-5-18(11-20)17(3)28/h4-7,9,11-12,15-16,21H,8,10,13-14H2,1-3H3. The molecule has 5 heteroatoms. The molecule has 0 spiro atoms. The van der Waals surface area contributed by atoms with Crippen LogP contribution in [-0.2, 0) is 6.54 Å². The van der Waals surface area contributed by atoms with Gasteiger partial charge in [0.1, 0.15) is 5.01 Å². The first-order chi connectivity index (χ1) is 14.0. The lowest BCUT2D eigenvalue weighted by Crippen LogP contribution is -2.19. The summed E-state index contributed by atoms with van der Waals surface area (Å²) in [6.45, 7) is 9.07. The maximum absolute atomic E-state index is 11.7. The minimum absolute atomic E-state index is 0.0808. The summed E-state index contributed by atoms with van der Waals surface area (Å²) in [5.74, 6) is 1.08. The van der Waals surface area contributed by atoms with Crippen molar-refractivity contribution in [1.82, 2.24) is 14.9 Å². The van der Waals surface area contributed by atoms with Crippen LogP contribution in [-0.4, -0.2) is 33.7 Å². The number of likely N-dealkylation sites (tertiary alicyclic amines) is 1. The fourth-order valence-electron chi connectivity index (χ4n) is 3.86. The Kier molecular flexibility index (Phi) is 5.88. The maximum Gasteiger partial charge on any atom is 0.159 e. The molecule has 2 aromatic heterocycles. The third kappa shape index (κ3) is 4.62. The molecule has 1 unspecified atom stereocenters. The van der Waals surface area contributed by atoms with Gasteiger partial charge in [-0.15, -0.1) is 11.3 Å². The molecule has 0 aliphatic carbocycles. The van der Waals surface area contributed by atoms with Crippen molar-refractivity contribution < 1.29 is 4.79 Å². The molecule has 4 nitrogen and oxygen atoms in total. The van der Waals surface area contributed by atoms with Crippen LogP contribution in [0.2, 0.25) is 0 Å². The van der Waals surface area contributed by atoms with E-state index in [0.29, 0.717) is 11.8 Å². The van der Waals surface area contributed by atoms with Crippen LogP contribution in [0.25, 0.3) is 11.3 Å². The van der Waals surface area contributed by atoms with E-state index in [2.05, 4.69) is 41.2 Å². The molecule has 3 aromatic rings. The minimum atomic E-state index is 0.0808. The number of hydrogen-bond donors (Lipinski definition) is 0. The molecule has 0 bridgehead atoms. The van der Waals surface area contributed by atoms with Gasteiger partial charge in [0, 0.05) is 29.2 Å². The van der Waals surface area contributed by atoms with Crippen LogP contribution >= 0.6 is 11.3 Å². The number of nitrogens with zero attached hydrogens (tertiary/aromatic N) is 3. The number of carbonyl (C=O) groups is 1. The lowest BCUT2D eigenvalue weighted by Gasteiger charge is -2.15. The van der Waals surface area contributed by atoms with Gasteiger partial charge < -0.3 is 0 Å². The zero-order valence-corrected chi connectivity index (χ0v) is 18.1. The Morgan fingerprint density at radius 2 is 2.14 bits per heavy atom. The number of rotatable bonds is 6. The van der Waals surface area contributed by atoms with E-state index in [1.54, 1.807) is 18.3 Å². The first kappa shape index (κ1) is 19.9. The van der Waals surface area contributed by atoms with Gasteiger partial charge >= 0.3 is 0 Å². The van der Waals surface area contributed by atoms with Crippen LogP contribution in [0.3, 0.4) is 0 Å². The number of hydrogen-bond acceptors (Lipinski definition) is 5. The van der Waals surface area contributed by atoms with Crippen molar-refractivity contribution in [2.45, 2.75) is 45.6 Å². The molecule has 0 N–H and O–H groups in total. The van der Waals surface area contributed by atoms with E-state index in [4.69, 9.17) is 4.98 Å². The Hall–Kier alpha value is -2.37. The number of ketones is 1. The summed E-state index contributed by atoms with van der Waals surface area (Å²) in [4.78, 5) is 23.5. The van der Waals surface area contributed by atoms with Crippen molar-refractivity contribution in [3.05, 3.63) is 69.8 Å². The highest BCUT2D eigenvalue weighted by Gasteiger charge is 2.25. The molecule has 0 radical (unpaired) electrons. The normalized spacial score (nSPS) is 17.2. The monoisotopic (exact) mass is 405 g/mol. The van der Waals surface area contributed by atoms with Crippen LogP contribution in [0.5, 0.6) is 0 Å². The molecule has 1 saturated heterocycles. The molecule has 1 aliphatic heterocycles. The topological polar surface area (TPSA) is 46.1 Å². The van der Waals surface area contributed by atoms with Crippen LogP contribution in [0, 0.1) is 0 Å². The van der Waals surface area contributed by atoms with Gasteiger partial charge in [0.05, 0.1) is 17.9 Å². The van der Waals surface area contributed by atoms with E-state index in [1.807, 2.05) is 30.5 Å². The molecule has 29 heavy (non-hydrogen) atoms. The van der Waals surface area contributed by atoms with Crippen molar-refractivity contribution in [2.24, 2.45) is 0 Å². The third-order valence-corrected chi connectivity index (χ3v) is 6.46. The van der Waals surface area contributed by atoms with Crippen LogP contribution in [0.4, 0.5) is 0 Å². The average Bonchev–Trinajstić information content (AvgIpc) is 3.38. The Bertz CT molecular complexity index is 1010. The molecule has 0 amide bonds. The van der Waals surface area contributed by atoms with Crippen molar-refractivity contribution in [3.63, 3.8) is 0 Å². The Balaban J connectivity index is 1.46. The molecule has 4 rings (SSSR count). The summed E-state index contributed by atoms with van der Waals surface area (Å²) in [7, 11) is 0. The SMILES string of the molecule is CC(=O)c1cccc(-c2cc(C3CCN(Cc4nc(C(C)C)cs4)C3)ccn2)c1. The Morgan fingerprint density at radius 3 is 2.90 bits per heavy atom. The highest BCUT2D eigenvalue weighted by atomic mass is 32.1. The predicted octanol–water partition coefficient (Wildman–Crippen LogP) is 5.52. The summed E-state index contributed by atoms with van der Waals surface area (Å²) >= 11 is 1.77. The van der Waals surface area contributed by atoms with E-state index >= 15 is 0 Å². The first-order valence-corrected chi connectivity index (χ1v) is 11.1. The van der Waals surface area contributed by atoms with Gasteiger partial charge in [0.15, 0.2) is 5.78 Å². The van der Waals surface area contributed by atoms with E-state index in [-0.39, 0.29) is 5.78 Å². The fourth-order valence-corrected chi connectivity index (χ4v) is 4.86. The quantitative estimate of drug-likeness (QED) is 0.507. The number of aromatic nitrogens is 2. The van der Waals surface area contributed by atoms with E-state index in [9.17, 15) is 4.79 Å². The fraction of sp³-hybridized carbons (Fsp3) is 0.375. The lowest BCUT2D eigenvalue weighted by molar-refractivity contribution is 0.101. The zero-order chi connectivity index (χ0) is 20.4. The molecule has 3 heterocycles. The largest absolute Gasteiger partial charge is 0.296 e. The number of pyridine rings is 1. The summed E-state index contributed by atoms with van der Waals surface area (Å²) in [6, 6.07) is 12.1. The number of benzene rings is 1. The molecular formula is C24H27N3OS. The smallest absolute Gasteiger partial charge is 0.159 e. The average molecular weight is 406 g/mol. The molecule has 1 fully saturated rings. The van der Waals surface area contributed by atoms with E-state index < -0.39 is 0 Å². The highest BCUT2D eigenvalue weighted by Crippen LogP contribution is 2.31. The van der Waals surface area contributed by atoms with Gasteiger partial charge in [0.25, 0.3) is 0 Å². The van der Waals surface area contributed by atoms with Crippen molar-refractivity contribution in [3.8, 4) is 11.3 Å². The van der Waals surface area contributed by atoms with Gasteiger partial charge in [0.2, 0.25) is 0 Å². The minimum Gasteiger partial charge on any atom is -0.296 e. The summed E-state index contributed by atoms with van der Waals surface area (Å²) in [5.41, 5.74) is 5.19. The molecule has 1 aromatic carbocycles. The predicted molar refractivity (Wildman–Crippen MR) is 119 cm³/mol. The van der Waals surface area contributed by atoms with Crippen LogP contribution in [0.1, 0.15) is 65.7 Å². The molecular weight excluding hydrogens is 378 g/mol. The summed E-state index contributed by atoms with van der Waals surface area (Å²) in [5, 5.41) is 3.41. The summed E-state index contributed by atoms with van der Waals surface area (Å²) < 4.78 is 0. The van der Waals surface area contributed by atoms with Gasteiger partial charge in [-0.1, -0.05) is 32.0 Å². The van der Waals surface area contributed by atoms with Crippen LogP contribution < -0.4 is 0 Å².